The summed E-state index contributed by atoms with van der Waals surface area (Å²) < 4.78 is 38.4. The van der Waals surface area contributed by atoms with E-state index in [0.717, 1.165) is 37.3 Å². The molecule has 34 heavy (non-hydrogen) atoms. The fourth-order valence-corrected chi connectivity index (χ4v) is 4.16. The topological polar surface area (TPSA) is 122 Å². The minimum atomic E-state index is -1.71. The number of phenols is 1. The predicted molar refractivity (Wildman–Crippen MR) is 114 cm³/mol. The molecule has 3 N–H and O–H groups in total. The van der Waals surface area contributed by atoms with E-state index in [1.807, 2.05) is 0 Å². The Labute approximate surface area is 192 Å². The van der Waals surface area contributed by atoms with Crippen molar-refractivity contribution in [2.75, 3.05) is 7.11 Å². The fourth-order valence-electron chi connectivity index (χ4n) is 4.16. The normalized spacial score (nSPS) is 18.6. The molecule has 1 aliphatic heterocycles. The van der Waals surface area contributed by atoms with Gasteiger partial charge in [0.05, 0.1) is 12.7 Å². The van der Waals surface area contributed by atoms with E-state index in [-0.39, 0.29) is 40.5 Å². The monoisotopic (exact) mass is 471 g/mol. The number of aliphatic hydroxyl groups is 1. The highest BCUT2D eigenvalue weighted by molar-refractivity contribution is 6.25. The van der Waals surface area contributed by atoms with Crippen molar-refractivity contribution >= 4 is 17.5 Å². The van der Waals surface area contributed by atoms with Gasteiger partial charge in [-0.1, -0.05) is 0 Å². The van der Waals surface area contributed by atoms with Crippen LogP contribution in [0, 0.1) is 11.6 Å². The fraction of sp³-hybridized carbons (Fsp3) is 0.208. The molecule has 2 aliphatic rings. The van der Waals surface area contributed by atoms with Crippen molar-refractivity contribution in [2.24, 2.45) is 0 Å². The summed E-state index contributed by atoms with van der Waals surface area (Å²) in [4.78, 5) is 38.3. The lowest BCUT2D eigenvalue weighted by atomic mass is 9.71. The molecule has 0 spiro atoms. The first kappa shape index (κ1) is 23.0. The second-order valence-electron chi connectivity index (χ2n) is 7.98. The molecule has 1 heterocycles. The molecule has 2 aromatic rings. The predicted octanol–water partition coefficient (Wildman–Crippen LogP) is 3.13. The van der Waals surface area contributed by atoms with E-state index in [9.17, 15) is 33.4 Å². The van der Waals surface area contributed by atoms with E-state index in [1.54, 1.807) is 0 Å². The van der Waals surface area contributed by atoms with Crippen LogP contribution in [0.25, 0.3) is 0 Å². The number of hydrogen-bond donors (Lipinski definition) is 3. The summed E-state index contributed by atoms with van der Waals surface area (Å²) in [5.41, 5.74) is -2.60. The molecule has 0 saturated heterocycles. The van der Waals surface area contributed by atoms with Gasteiger partial charge in [-0.05, 0) is 32.0 Å². The number of benzene rings is 2. The van der Waals surface area contributed by atoms with Crippen molar-refractivity contribution in [1.29, 1.82) is 0 Å². The van der Waals surface area contributed by atoms with Gasteiger partial charge in [-0.25, -0.2) is 8.78 Å². The SMILES string of the molecule is COc1cc(O)c2c(c1C(=O)NCc1cc(F)ccc1F)OC1=CC(O)=C(C(C)=O)C(=O)[C@]12C. The van der Waals surface area contributed by atoms with Gasteiger partial charge in [-0.3, -0.25) is 14.4 Å². The van der Waals surface area contributed by atoms with Crippen LogP contribution in [-0.2, 0) is 21.5 Å². The lowest BCUT2D eigenvalue weighted by molar-refractivity contribution is -0.123. The van der Waals surface area contributed by atoms with Crippen LogP contribution in [0.15, 0.2) is 47.4 Å². The van der Waals surface area contributed by atoms with Gasteiger partial charge >= 0.3 is 0 Å². The lowest BCUT2D eigenvalue weighted by Gasteiger charge is -2.27. The van der Waals surface area contributed by atoms with E-state index in [1.165, 1.54) is 14.0 Å². The molecule has 8 nitrogen and oxygen atoms in total. The second kappa shape index (κ2) is 7.98. The molecule has 0 aromatic heterocycles. The lowest BCUT2D eigenvalue weighted by Crippen LogP contribution is -2.38. The Bertz CT molecular complexity index is 1350. The van der Waals surface area contributed by atoms with Gasteiger partial charge in [0, 0.05) is 24.3 Å². The Kier molecular flexibility index (Phi) is 5.39. The second-order valence-corrected chi connectivity index (χ2v) is 7.98. The highest BCUT2D eigenvalue weighted by atomic mass is 19.1. The Hall–Kier alpha value is -4.21. The average Bonchev–Trinajstić information content (AvgIpc) is 3.07. The molecule has 2 aromatic carbocycles. The number of aromatic hydroxyl groups is 1. The zero-order valence-electron chi connectivity index (χ0n) is 18.3. The number of carbonyl (C=O) groups excluding carboxylic acids is 3. The van der Waals surface area contributed by atoms with Crippen molar-refractivity contribution in [2.45, 2.75) is 25.8 Å². The van der Waals surface area contributed by atoms with Gasteiger partial charge in [0.15, 0.2) is 17.3 Å². The van der Waals surface area contributed by atoms with Crippen LogP contribution in [0.5, 0.6) is 17.2 Å². The van der Waals surface area contributed by atoms with E-state index >= 15 is 0 Å². The van der Waals surface area contributed by atoms with Crippen molar-refractivity contribution in [3.05, 3.63) is 75.8 Å². The number of halogens is 2. The van der Waals surface area contributed by atoms with Crippen molar-refractivity contribution in [3.63, 3.8) is 0 Å². The van der Waals surface area contributed by atoms with E-state index in [2.05, 4.69) is 5.32 Å². The standard InChI is InChI=1S/C24H19F2NO7/c1-10(28)18-14(29)8-17-24(2,22(18)31)20-15(30)7-16(33-3)19(21(20)34-17)23(32)27-9-11-6-12(25)4-5-13(11)26/h4-8,29-30H,9H2,1-3H3,(H,27,32)/t24-/m1/s1. The molecule has 0 fully saturated rings. The first-order valence-corrected chi connectivity index (χ1v) is 10.1. The Balaban J connectivity index is 1.81. The van der Waals surface area contributed by atoms with E-state index in [4.69, 9.17) is 9.47 Å². The number of fused-ring (bicyclic) bond motifs is 3. The Morgan fingerprint density at radius 3 is 2.56 bits per heavy atom. The summed E-state index contributed by atoms with van der Waals surface area (Å²) in [6, 6.07) is 3.90. The number of aliphatic hydroxyl groups excluding tert-OH is 1. The third-order valence-electron chi connectivity index (χ3n) is 5.88. The number of carbonyl (C=O) groups is 3. The largest absolute Gasteiger partial charge is 0.507 e. The molecule has 176 valence electrons. The molecule has 10 heteroatoms. The highest BCUT2D eigenvalue weighted by Gasteiger charge is 2.55. The number of methoxy groups -OCH3 is 1. The number of nitrogens with one attached hydrogen (secondary N) is 1. The maximum Gasteiger partial charge on any atom is 0.259 e. The minimum absolute atomic E-state index is 0.0992. The van der Waals surface area contributed by atoms with Crippen molar-refractivity contribution in [1.82, 2.24) is 5.32 Å². The van der Waals surface area contributed by atoms with Gasteiger partial charge in [0.25, 0.3) is 5.91 Å². The molecule has 1 amide bonds. The summed E-state index contributed by atoms with van der Waals surface area (Å²) in [6.07, 6.45) is 1.08. The highest BCUT2D eigenvalue weighted by Crippen LogP contribution is 2.56. The van der Waals surface area contributed by atoms with Gasteiger partial charge < -0.3 is 25.0 Å². The number of ether oxygens (including phenoxy) is 2. The summed E-state index contributed by atoms with van der Waals surface area (Å²) in [7, 11) is 1.24. The number of Topliss-reactive ketones (excluding diaryl/α,β-unsaturated/α-hetero) is 2. The number of allylic oxidation sites excluding steroid dienone is 3. The van der Waals surface area contributed by atoms with Crippen LogP contribution in [0.1, 0.15) is 35.3 Å². The zero-order chi connectivity index (χ0) is 24.9. The van der Waals surface area contributed by atoms with Crippen LogP contribution in [0.2, 0.25) is 0 Å². The van der Waals surface area contributed by atoms with Gasteiger partial charge in [-0.2, -0.15) is 0 Å². The molecule has 0 radical (unpaired) electrons. The third-order valence-corrected chi connectivity index (χ3v) is 5.88. The van der Waals surface area contributed by atoms with Crippen LogP contribution < -0.4 is 14.8 Å². The molecule has 0 saturated carbocycles. The first-order valence-electron chi connectivity index (χ1n) is 10.1. The molecule has 1 aliphatic carbocycles. The van der Waals surface area contributed by atoms with Crippen molar-refractivity contribution in [3.8, 4) is 17.2 Å². The molecule has 0 unspecified atom stereocenters. The number of rotatable bonds is 5. The minimum Gasteiger partial charge on any atom is -0.507 e. The molecule has 1 atom stereocenters. The third kappa shape index (κ3) is 3.30. The summed E-state index contributed by atoms with van der Waals surface area (Å²) in [6.45, 7) is 2.12. The maximum atomic E-state index is 14.0. The summed E-state index contributed by atoms with van der Waals surface area (Å²) in [5, 5.41) is 23.4. The summed E-state index contributed by atoms with van der Waals surface area (Å²) >= 11 is 0. The van der Waals surface area contributed by atoms with Gasteiger partial charge in [0.2, 0.25) is 0 Å². The van der Waals surface area contributed by atoms with Crippen LogP contribution >= 0.6 is 0 Å². The van der Waals surface area contributed by atoms with Crippen LogP contribution in [-0.4, -0.2) is 34.8 Å². The number of ketones is 2. The van der Waals surface area contributed by atoms with Crippen LogP contribution in [0.3, 0.4) is 0 Å². The molecule has 4 rings (SSSR count). The maximum absolute atomic E-state index is 14.0. The summed E-state index contributed by atoms with van der Waals surface area (Å²) in [5.74, 6) is -5.24. The molecular weight excluding hydrogens is 452 g/mol. The number of hydrogen-bond acceptors (Lipinski definition) is 7. The molecule has 0 bridgehead atoms. The number of phenolic OH excluding ortho intramolecular Hbond substituents is 1. The van der Waals surface area contributed by atoms with E-state index < -0.39 is 51.6 Å². The Morgan fingerprint density at radius 2 is 1.91 bits per heavy atom. The first-order chi connectivity index (χ1) is 16.0. The Morgan fingerprint density at radius 1 is 1.21 bits per heavy atom. The average molecular weight is 471 g/mol. The quantitative estimate of drug-likeness (QED) is 0.573. The zero-order valence-corrected chi connectivity index (χ0v) is 18.3. The number of amides is 1. The van der Waals surface area contributed by atoms with Gasteiger partial charge in [0.1, 0.15) is 51.2 Å². The molecular formula is C24H19F2NO7. The van der Waals surface area contributed by atoms with Crippen LogP contribution in [0.4, 0.5) is 8.78 Å². The van der Waals surface area contributed by atoms with E-state index in [0.29, 0.717) is 0 Å². The smallest absolute Gasteiger partial charge is 0.259 e. The van der Waals surface area contributed by atoms with Crippen molar-refractivity contribution < 1.29 is 42.9 Å². The van der Waals surface area contributed by atoms with Gasteiger partial charge in [-0.15, -0.1) is 0 Å².